The molecular formula is C27H34FN3O4. The summed E-state index contributed by atoms with van der Waals surface area (Å²) < 4.78 is 13.3. The van der Waals surface area contributed by atoms with Gasteiger partial charge in [0.05, 0.1) is 5.41 Å². The van der Waals surface area contributed by atoms with Crippen molar-refractivity contribution >= 4 is 23.3 Å². The van der Waals surface area contributed by atoms with Crippen LogP contribution >= 0.6 is 0 Å². The third-order valence-corrected chi connectivity index (χ3v) is 7.62. The normalized spacial score (nSPS) is 19.5. The fourth-order valence-corrected chi connectivity index (χ4v) is 5.06. The van der Waals surface area contributed by atoms with E-state index in [9.17, 15) is 24.2 Å². The van der Waals surface area contributed by atoms with E-state index in [-0.39, 0.29) is 37.0 Å². The van der Waals surface area contributed by atoms with Crippen LogP contribution in [0.2, 0.25) is 0 Å². The minimum absolute atomic E-state index is 0.0158. The summed E-state index contributed by atoms with van der Waals surface area (Å²) in [4.78, 5) is 31.2. The summed E-state index contributed by atoms with van der Waals surface area (Å²) in [5, 5.41) is 21.1. The molecule has 1 amide bonds. The van der Waals surface area contributed by atoms with Crippen LogP contribution < -0.4 is 9.80 Å². The predicted octanol–water partition coefficient (Wildman–Crippen LogP) is 3.93. The van der Waals surface area contributed by atoms with E-state index in [1.807, 2.05) is 37.3 Å². The van der Waals surface area contributed by atoms with Gasteiger partial charge < -0.3 is 20.0 Å². The van der Waals surface area contributed by atoms with Crippen LogP contribution in [0, 0.1) is 17.2 Å². The lowest BCUT2D eigenvalue weighted by atomic mass is 9.75. The number of carboxylic acids is 1. The zero-order chi connectivity index (χ0) is 25.2. The number of carboxylic acid groups (broad SMARTS) is 1. The van der Waals surface area contributed by atoms with Gasteiger partial charge in [0.15, 0.2) is 6.35 Å². The van der Waals surface area contributed by atoms with Gasteiger partial charge in [-0.3, -0.25) is 14.5 Å². The van der Waals surface area contributed by atoms with Gasteiger partial charge in [-0.05, 0) is 74.9 Å². The molecule has 0 spiro atoms. The van der Waals surface area contributed by atoms with Gasteiger partial charge in [-0.15, -0.1) is 0 Å². The van der Waals surface area contributed by atoms with E-state index in [1.165, 1.54) is 12.1 Å². The van der Waals surface area contributed by atoms with E-state index >= 15 is 0 Å². The zero-order valence-electron chi connectivity index (χ0n) is 20.3. The number of aliphatic hydroxyl groups excluding tert-OH is 1. The lowest BCUT2D eigenvalue weighted by Crippen LogP contribution is -2.54. The number of amides is 1. The number of aliphatic carboxylic acids is 1. The van der Waals surface area contributed by atoms with Gasteiger partial charge in [0.25, 0.3) is 0 Å². The molecule has 4 rings (SSSR count). The van der Waals surface area contributed by atoms with Gasteiger partial charge in [0.2, 0.25) is 5.91 Å². The van der Waals surface area contributed by atoms with E-state index in [0.29, 0.717) is 24.7 Å². The number of likely N-dealkylation sites (tertiary alicyclic amines) is 1. The third kappa shape index (κ3) is 5.49. The lowest BCUT2D eigenvalue weighted by Gasteiger charge is -2.43. The van der Waals surface area contributed by atoms with Crippen LogP contribution in [0.4, 0.5) is 15.8 Å². The second-order valence-electron chi connectivity index (χ2n) is 9.91. The van der Waals surface area contributed by atoms with Crippen LogP contribution in [0.5, 0.6) is 0 Å². The molecule has 1 heterocycles. The van der Waals surface area contributed by atoms with E-state index < -0.39 is 17.7 Å². The molecule has 0 bridgehead atoms. The molecule has 2 aromatic carbocycles. The molecule has 2 aliphatic rings. The molecule has 2 N–H and O–H groups in total. The molecule has 188 valence electrons. The van der Waals surface area contributed by atoms with Crippen LogP contribution in [0.1, 0.15) is 39.0 Å². The fraction of sp³-hybridized carbons (Fsp3) is 0.481. The number of piperidine rings is 1. The minimum Gasteiger partial charge on any atom is -0.481 e. The van der Waals surface area contributed by atoms with Crippen LogP contribution in [-0.4, -0.2) is 59.5 Å². The van der Waals surface area contributed by atoms with Gasteiger partial charge in [-0.25, -0.2) is 4.39 Å². The largest absolute Gasteiger partial charge is 0.481 e. The van der Waals surface area contributed by atoms with Gasteiger partial charge in [0.1, 0.15) is 5.82 Å². The van der Waals surface area contributed by atoms with Gasteiger partial charge >= 0.3 is 5.97 Å². The number of nitrogens with zero attached hydrogens (tertiary/aromatic N) is 3. The van der Waals surface area contributed by atoms with Crippen molar-refractivity contribution in [1.29, 1.82) is 0 Å². The average molecular weight is 484 g/mol. The number of aliphatic hydroxyl groups is 1. The summed E-state index contributed by atoms with van der Waals surface area (Å²) in [6, 6.07) is 15.3. The molecule has 1 saturated carbocycles. The monoisotopic (exact) mass is 483 g/mol. The Bertz CT molecular complexity index is 1020. The van der Waals surface area contributed by atoms with Crippen molar-refractivity contribution in [3.05, 3.63) is 60.4 Å². The zero-order valence-corrected chi connectivity index (χ0v) is 20.3. The number of benzene rings is 2. The first-order valence-corrected chi connectivity index (χ1v) is 12.2. The molecule has 1 saturated heterocycles. The van der Waals surface area contributed by atoms with Crippen molar-refractivity contribution in [2.24, 2.45) is 11.3 Å². The fourth-order valence-electron chi connectivity index (χ4n) is 5.06. The predicted molar refractivity (Wildman–Crippen MR) is 132 cm³/mol. The molecule has 8 heteroatoms. The standard InChI is InChI=1S/C27H34FN3O4/c1-19(20-8-9-20)31(23-6-4-3-5-7-23)24(32)18-27(25(33)34)14-16-30(17-15-27)26(35)29(2)22-12-10-21(28)11-13-22/h3-7,10-13,19-20,26,35H,8-9,14-18H2,1-2H3,(H,33,34). The highest BCUT2D eigenvalue weighted by Crippen LogP contribution is 2.41. The quantitative estimate of drug-likeness (QED) is 0.526. The highest BCUT2D eigenvalue weighted by molar-refractivity contribution is 5.97. The summed E-state index contributed by atoms with van der Waals surface area (Å²) in [6.07, 6.45) is 1.60. The number of anilines is 2. The summed E-state index contributed by atoms with van der Waals surface area (Å²) in [5.74, 6) is -1.06. The van der Waals surface area contributed by atoms with E-state index in [4.69, 9.17) is 0 Å². The Labute approximate surface area is 205 Å². The number of rotatable bonds is 9. The Hall–Kier alpha value is -2.97. The smallest absolute Gasteiger partial charge is 0.310 e. The minimum atomic E-state index is -1.18. The van der Waals surface area contributed by atoms with Crippen LogP contribution in [0.15, 0.2) is 54.6 Å². The Balaban J connectivity index is 1.46. The maximum absolute atomic E-state index is 13.6. The first kappa shape index (κ1) is 25.1. The number of carbonyl (C=O) groups excluding carboxylic acids is 1. The van der Waals surface area contributed by atoms with Gasteiger partial charge in [0, 0.05) is 44.0 Å². The number of hydrogen-bond acceptors (Lipinski definition) is 5. The summed E-state index contributed by atoms with van der Waals surface area (Å²) in [7, 11) is 1.71. The van der Waals surface area contributed by atoms with Crippen molar-refractivity contribution in [2.45, 2.75) is 51.4 Å². The molecule has 35 heavy (non-hydrogen) atoms. The second kappa shape index (κ2) is 10.3. The Morgan fingerprint density at radius 1 is 1.06 bits per heavy atom. The maximum Gasteiger partial charge on any atom is 0.310 e. The van der Waals surface area contributed by atoms with Crippen molar-refractivity contribution in [1.82, 2.24) is 4.90 Å². The maximum atomic E-state index is 13.6. The molecule has 2 unspecified atom stereocenters. The molecule has 0 radical (unpaired) electrons. The molecule has 2 atom stereocenters. The van der Waals surface area contributed by atoms with Crippen LogP contribution in [-0.2, 0) is 9.59 Å². The number of carbonyl (C=O) groups is 2. The summed E-state index contributed by atoms with van der Waals surface area (Å²) in [5.41, 5.74) is 0.265. The summed E-state index contributed by atoms with van der Waals surface area (Å²) >= 11 is 0. The molecule has 2 fully saturated rings. The Morgan fingerprint density at radius 2 is 1.66 bits per heavy atom. The molecular weight excluding hydrogens is 449 g/mol. The molecule has 1 aliphatic carbocycles. The van der Waals surface area contributed by atoms with Crippen molar-refractivity contribution in [3.63, 3.8) is 0 Å². The van der Waals surface area contributed by atoms with Crippen molar-refractivity contribution in [3.8, 4) is 0 Å². The van der Waals surface area contributed by atoms with Crippen molar-refractivity contribution < 1.29 is 24.2 Å². The van der Waals surface area contributed by atoms with E-state index in [1.54, 1.807) is 33.9 Å². The Kier molecular flexibility index (Phi) is 7.42. The van der Waals surface area contributed by atoms with Crippen molar-refractivity contribution in [2.75, 3.05) is 29.9 Å². The highest BCUT2D eigenvalue weighted by atomic mass is 19.1. The topological polar surface area (TPSA) is 84.3 Å². The summed E-state index contributed by atoms with van der Waals surface area (Å²) in [6.45, 7) is 2.70. The van der Waals surface area contributed by atoms with Crippen LogP contribution in [0.25, 0.3) is 0 Å². The number of hydrogen-bond donors (Lipinski definition) is 2. The molecule has 2 aromatic rings. The van der Waals surface area contributed by atoms with Gasteiger partial charge in [-0.2, -0.15) is 0 Å². The number of para-hydroxylation sites is 1. The second-order valence-corrected chi connectivity index (χ2v) is 9.91. The van der Waals surface area contributed by atoms with E-state index in [2.05, 4.69) is 0 Å². The SMILES string of the molecule is CC(C1CC1)N(C(=O)CC1(C(=O)O)CCN(C(O)N(C)c2ccc(F)cc2)CC1)c1ccccc1. The molecule has 7 nitrogen and oxygen atoms in total. The van der Waals surface area contributed by atoms with Gasteiger partial charge in [-0.1, -0.05) is 18.2 Å². The molecule has 0 aromatic heterocycles. The average Bonchev–Trinajstić information content (AvgIpc) is 3.70. The molecule has 1 aliphatic heterocycles. The number of halogens is 1. The first-order valence-electron chi connectivity index (χ1n) is 12.2. The highest BCUT2D eigenvalue weighted by Gasteiger charge is 2.46. The van der Waals surface area contributed by atoms with Crippen LogP contribution in [0.3, 0.4) is 0 Å². The Morgan fingerprint density at radius 3 is 2.20 bits per heavy atom. The van der Waals surface area contributed by atoms with E-state index in [0.717, 1.165) is 18.5 Å². The third-order valence-electron chi connectivity index (χ3n) is 7.62. The first-order chi connectivity index (χ1) is 16.7. The lowest BCUT2D eigenvalue weighted by molar-refractivity contribution is -0.156.